The summed E-state index contributed by atoms with van der Waals surface area (Å²) in [4.78, 5) is 8.42. The van der Waals surface area contributed by atoms with Crippen LogP contribution in [0.1, 0.15) is 25.7 Å². The van der Waals surface area contributed by atoms with E-state index in [1.54, 1.807) is 12.4 Å². The first-order chi connectivity index (χ1) is 14.9. The molecule has 4 aliphatic rings. The van der Waals surface area contributed by atoms with Crippen molar-refractivity contribution in [2.24, 2.45) is 38.6 Å². The van der Waals surface area contributed by atoms with E-state index in [9.17, 15) is 0 Å². The lowest BCUT2D eigenvalue weighted by Crippen LogP contribution is -2.52. The molecule has 0 saturated carbocycles. The molecule has 0 amide bonds. The number of aliphatic imine (C=N–C) groups is 2. The molecule has 10 N–H and O–H groups in total. The summed E-state index contributed by atoms with van der Waals surface area (Å²) in [7, 11) is 0. The van der Waals surface area contributed by atoms with Crippen molar-refractivity contribution in [2.75, 3.05) is 26.4 Å². The lowest BCUT2D eigenvalue weighted by atomic mass is 9.90. The molecule has 0 aromatic carbocycles. The van der Waals surface area contributed by atoms with Gasteiger partial charge in [-0.3, -0.25) is 10.9 Å². The second-order valence-electron chi connectivity index (χ2n) is 7.95. The van der Waals surface area contributed by atoms with Gasteiger partial charge >= 0.3 is 0 Å². The van der Waals surface area contributed by atoms with E-state index in [0.717, 1.165) is 11.4 Å². The van der Waals surface area contributed by atoms with Crippen molar-refractivity contribution < 1.29 is 18.9 Å². The summed E-state index contributed by atoms with van der Waals surface area (Å²) < 4.78 is 23.7. The number of rotatable bonds is 6. The summed E-state index contributed by atoms with van der Waals surface area (Å²) in [6.45, 7) is 2.00. The molecule has 4 heterocycles. The van der Waals surface area contributed by atoms with Gasteiger partial charge in [-0.15, -0.1) is 0 Å². The highest BCUT2D eigenvalue weighted by Gasteiger charge is 2.42. The van der Waals surface area contributed by atoms with Crippen LogP contribution in [0.25, 0.3) is 0 Å². The van der Waals surface area contributed by atoms with Gasteiger partial charge in [0.2, 0.25) is 11.9 Å². The van der Waals surface area contributed by atoms with Crippen LogP contribution in [0.4, 0.5) is 0 Å². The van der Waals surface area contributed by atoms with Gasteiger partial charge in [-0.05, 0) is 12.8 Å². The van der Waals surface area contributed by atoms with Crippen LogP contribution in [0.3, 0.4) is 0 Å². The number of hydrogen-bond acceptors (Lipinski definition) is 14. The summed E-state index contributed by atoms with van der Waals surface area (Å²) in [5, 5.41) is 2.55. The summed E-state index contributed by atoms with van der Waals surface area (Å²) >= 11 is 0. The Morgan fingerprint density at radius 2 is 1.19 bits per heavy atom. The maximum atomic E-state index is 5.91. The summed E-state index contributed by atoms with van der Waals surface area (Å²) in [5.41, 5.74) is 17.9. The van der Waals surface area contributed by atoms with E-state index >= 15 is 0 Å². The van der Waals surface area contributed by atoms with Gasteiger partial charge in [-0.1, -0.05) is 0 Å². The van der Waals surface area contributed by atoms with Crippen LogP contribution >= 0.6 is 0 Å². The maximum Gasteiger partial charge on any atom is 0.214 e. The Bertz CT molecular complexity index is 701. The fourth-order valence-electron chi connectivity index (χ4n) is 3.60. The molecule has 1 spiro atoms. The van der Waals surface area contributed by atoms with Gasteiger partial charge in [0.05, 0.1) is 55.6 Å². The lowest BCUT2D eigenvalue weighted by Gasteiger charge is -2.43. The largest absolute Gasteiger partial charge is 0.368 e. The molecule has 0 bridgehead atoms. The number of nitrogens with one attached hydrogen (secondary N) is 2. The Kier molecular flexibility index (Phi) is 6.45. The van der Waals surface area contributed by atoms with E-state index in [1.807, 2.05) is 0 Å². The minimum Gasteiger partial charge on any atom is -0.368 e. The van der Waals surface area contributed by atoms with Gasteiger partial charge in [0.1, 0.15) is 0 Å². The second kappa shape index (κ2) is 9.25. The first-order valence-electron chi connectivity index (χ1n) is 10.1. The number of ether oxygens (including phenoxy) is 4. The normalized spacial score (nSPS) is 31.3. The molecular formula is C17H30N10O4. The molecular weight excluding hydrogens is 408 g/mol. The van der Waals surface area contributed by atoms with Crippen molar-refractivity contribution in [3.8, 4) is 0 Å². The zero-order chi connectivity index (χ0) is 21.8. The lowest BCUT2D eigenvalue weighted by molar-refractivity contribution is -0.303. The first kappa shape index (κ1) is 21.6. The van der Waals surface area contributed by atoms with Gasteiger partial charge in [0, 0.05) is 12.8 Å². The molecule has 14 nitrogen and oxygen atoms in total. The number of allylic oxidation sites excluding steroid dienone is 2. The van der Waals surface area contributed by atoms with Crippen LogP contribution in [0.15, 0.2) is 33.8 Å². The molecule has 0 aromatic rings. The average Bonchev–Trinajstić information content (AvgIpc) is 2.72. The minimum absolute atomic E-state index is 0.252. The first-order valence-corrected chi connectivity index (χ1v) is 10.1. The van der Waals surface area contributed by atoms with Gasteiger partial charge < -0.3 is 30.4 Å². The fourth-order valence-corrected chi connectivity index (χ4v) is 3.60. The summed E-state index contributed by atoms with van der Waals surface area (Å²) in [6.07, 6.45) is 5.24. The standard InChI is InChI=1S/C17H30N10O4/c18-15-22-11(5-26(20)24-15)1-3-13-28-7-17(8-29-13)9-30-14(31-10-17)4-2-12-6-27(21)25-16(19)23-12/h5-6,13-14H,1-4,7-10,20-21H2,(H3,18,22,24)(H3,19,23,25). The molecule has 0 aromatic heterocycles. The predicted molar refractivity (Wildman–Crippen MR) is 110 cm³/mol. The van der Waals surface area contributed by atoms with E-state index in [1.165, 1.54) is 10.2 Å². The van der Waals surface area contributed by atoms with Crippen LogP contribution < -0.4 is 34.0 Å². The van der Waals surface area contributed by atoms with E-state index in [4.69, 9.17) is 42.1 Å². The summed E-state index contributed by atoms with van der Waals surface area (Å²) in [5.74, 6) is 11.9. The molecule has 0 aliphatic carbocycles. The Morgan fingerprint density at radius 3 is 1.55 bits per heavy atom. The quantitative estimate of drug-likeness (QED) is 0.249. The van der Waals surface area contributed by atoms with Crippen LogP contribution in [0.5, 0.6) is 0 Å². The highest BCUT2D eigenvalue weighted by atomic mass is 16.7. The molecule has 0 atom stereocenters. The smallest absolute Gasteiger partial charge is 0.214 e. The van der Waals surface area contributed by atoms with E-state index in [2.05, 4.69) is 20.8 Å². The van der Waals surface area contributed by atoms with Crippen molar-refractivity contribution >= 4 is 11.9 Å². The van der Waals surface area contributed by atoms with Crippen LogP contribution in [0.2, 0.25) is 0 Å². The maximum absolute atomic E-state index is 5.91. The van der Waals surface area contributed by atoms with Crippen molar-refractivity contribution in [1.82, 2.24) is 21.1 Å². The predicted octanol–water partition coefficient (Wildman–Crippen LogP) is -2.02. The number of hydrogen-bond donors (Lipinski definition) is 6. The van der Waals surface area contributed by atoms with E-state index in [0.29, 0.717) is 52.1 Å². The highest BCUT2D eigenvalue weighted by molar-refractivity contribution is 5.79. The van der Waals surface area contributed by atoms with Crippen molar-refractivity contribution in [3.05, 3.63) is 23.8 Å². The van der Waals surface area contributed by atoms with Crippen molar-refractivity contribution in [2.45, 2.75) is 38.3 Å². The fraction of sp³-hybridized carbons (Fsp3) is 0.647. The number of guanidine groups is 2. The van der Waals surface area contributed by atoms with Gasteiger partial charge in [0.25, 0.3) is 0 Å². The third-order valence-corrected chi connectivity index (χ3v) is 5.17. The monoisotopic (exact) mass is 438 g/mol. The third kappa shape index (κ3) is 5.75. The Morgan fingerprint density at radius 1 is 0.806 bits per heavy atom. The Hall–Kier alpha value is -2.62. The molecule has 4 rings (SSSR count). The van der Waals surface area contributed by atoms with Crippen LogP contribution in [0, 0.1) is 5.41 Å². The molecule has 31 heavy (non-hydrogen) atoms. The van der Waals surface area contributed by atoms with Crippen molar-refractivity contribution in [1.29, 1.82) is 0 Å². The Labute approximate surface area is 179 Å². The summed E-state index contributed by atoms with van der Waals surface area (Å²) in [6, 6.07) is 0. The second-order valence-corrected chi connectivity index (χ2v) is 7.95. The molecule has 2 fully saturated rings. The molecule has 14 heteroatoms. The van der Waals surface area contributed by atoms with Crippen LogP contribution in [-0.4, -0.2) is 61.2 Å². The minimum atomic E-state index is -0.323. The average molecular weight is 438 g/mol. The molecule has 172 valence electrons. The molecule has 4 aliphatic heterocycles. The zero-order valence-electron chi connectivity index (χ0n) is 17.2. The number of hydrazine groups is 4. The number of nitrogens with zero attached hydrogens (tertiary/aromatic N) is 4. The van der Waals surface area contributed by atoms with Gasteiger partial charge in [0.15, 0.2) is 12.6 Å². The van der Waals surface area contributed by atoms with Gasteiger partial charge in [-0.2, -0.15) is 0 Å². The highest BCUT2D eigenvalue weighted by Crippen LogP contribution is 2.32. The van der Waals surface area contributed by atoms with Crippen molar-refractivity contribution in [3.63, 3.8) is 0 Å². The molecule has 0 radical (unpaired) electrons. The topological polar surface area (TPSA) is 196 Å². The Balaban J connectivity index is 1.17. The number of nitrogens with two attached hydrogens (primary N) is 4. The molecule has 0 unspecified atom stereocenters. The van der Waals surface area contributed by atoms with E-state index < -0.39 is 0 Å². The zero-order valence-corrected chi connectivity index (χ0v) is 17.2. The van der Waals surface area contributed by atoms with Crippen LogP contribution in [-0.2, 0) is 18.9 Å². The van der Waals surface area contributed by atoms with Gasteiger partial charge in [-0.25, -0.2) is 31.9 Å². The van der Waals surface area contributed by atoms with E-state index in [-0.39, 0.29) is 29.9 Å². The SMILES string of the molecule is NC1=NC(CCC2OCC3(CO2)COC(CCC2=CN(N)NC(N)=N2)OC3)=CN(N)N1. The molecule has 2 saturated heterocycles. The third-order valence-electron chi connectivity index (χ3n) is 5.17.